The standard InChI is InChI=1S/C13H8F2O3/c14-10-5-8(13(17)18)6-11(15)12(10)7-2-1-3-9(16)4-7/h1-6,16H,(H,17,18). The molecule has 3 nitrogen and oxygen atoms in total. The molecule has 0 heterocycles. The number of carbonyl (C=O) groups is 1. The minimum absolute atomic E-state index is 0.131. The molecule has 18 heavy (non-hydrogen) atoms. The van der Waals surface area contributed by atoms with Gasteiger partial charge in [-0.1, -0.05) is 12.1 Å². The highest BCUT2D eigenvalue weighted by Gasteiger charge is 2.16. The average Bonchev–Trinajstić information content (AvgIpc) is 2.27. The Hall–Kier alpha value is -2.43. The van der Waals surface area contributed by atoms with Crippen LogP contribution < -0.4 is 0 Å². The first-order chi connectivity index (χ1) is 8.49. The van der Waals surface area contributed by atoms with E-state index in [9.17, 15) is 18.7 Å². The van der Waals surface area contributed by atoms with Crippen molar-refractivity contribution in [1.82, 2.24) is 0 Å². The normalized spacial score (nSPS) is 10.3. The zero-order chi connectivity index (χ0) is 13.3. The second-order valence-electron chi connectivity index (χ2n) is 3.67. The van der Waals surface area contributed by atoms with Gasteiger partial charge in [-0.3, -0.25) is 0 Å². The van der Waals surface area contributed by atoms with Gasteiger partial charge in [-0.2, -0.15) is 0 Å². The third-order valence-electron chi connectivity index (χ3n) is 2.42. The first kappa shape index (κ1) is 12.0. The first-order valence-electron chi connectivity index (χ1n) is 5.01. The molecular formula is C13H8F2O3. The number of aromatic carboxylic acids is 1. The summed E-state index contributed by atoms with van der Waals surface area (Å²) < 4.78 is 27.4. The zero-order valence-electron chi connectivity index (χ0n) is 9.02. The number of phenols is 1. The van der Waals surface area contributed by atoms with Crippen molar-refractivity contribution < 1.29 is 23.8 Å². The number of aromatic hydroxyl groups is 1. The van der Waals surface area contributed by atoms with Crippen LogP contribution in [0.15, 0.2) is 36.4 Å². The minimum atomic E-state index is -1.41. The van der Waals surface area contributed by atoms with Crippen LogP contribution in [0, 0.1) is 11.6 Å². The Balaban J connectivity index is 2.62. The van der Waals surface area contributed by atoms with Gasteiger partial charge in [-0.05, 0) is 29.8 Å². The highest BCUT2D eigenvalue weighted by atomic mass is 19.1. The van der Waals surface area contributed by atoms with Crippen molar-refractivity contribution in [2.75, 3.05) is 0 Å². The van der Waals surface area contributed by atoms with Gasteiger partial charge in [0.25, 0.3) is 0 Å². The number of carboxylic acids is 1. The Bertz CT molecular complexity index is 600. The number of halogens is 2. The Morgan fingerprint density at radius 1 is 1.06 bits per heavy atom. The molecule has 0 aliphatic heterocycles. The molecule has 0 aliphatic rings. The van der Waals surface area contributed by atoms with Gasteiger partial charge in [0.1, 0.15) is 17.4 Å². The SMILES string of the molecule is O=C(O)c1cc(F)c(-c2cccc(O)c2)c(F)c1. The van der Waals surface area contributed by atoms with Crippen molar-refractivity contribution in [3.63, 3.8) is 0 Å². The lowest BCUT2D eigenvalue weighted by Crippen LogP contribution is -2.00. The molecule has 0 fully saturated rings. The highest BCUT2D eigenvalue weighted by Crippen LogP contribution is 2.29. The number of phenolic OH excluding ortho intramolecular Hbond substituents is 1. The topological polar surface area (TPSA) is 57.5 Å². The third kappa shape index (κ3) is 2.15. The van der Waals surface area contributed by atoms with Gasteiger partial charge < -0.3 is 10.2 Å². The lowest BCUT2D eigenvalue weighted by atomic mass is 10.0. The van der Waals surface area contributed by atoms with Crippen molar-refractivity contribution in [3.05, 3.63) is 53.6 Å². The summed E-state index contributed by atoms with van der Waals surface area (Å²) in [4.78, 5) is 10.6. The molecular weight excluding hydrogens is 242 g/mol. The molecule has 2 rings (SSSR count). The monoisotopic (exact) mass is 250 g/mol. The van der Waals surface area contributed by atoms with Crippen molar-refractivity contribution in [2.45, 2.75) is 0 Å². The molecule has 2 aromatic rings. The van der Waals surface area contributed by atoms with Gasteiger partial charge in [0.2, 0.25) is 0 Å². The fraction of sp³-hybridized carbons (Fsp3) is 0. The summed E-state index contributed by atoms with van der Waals surface area (Å²) in [6.45, 7) is 0. The minimum Gasteiger partial charge on any atom is -0.508 e. The lowest BCUT2D eigenvalue weighted by Gasteiger charge is -2.07. The summed E-state index contributed by atoms with van der Waals surface area (Å²) in [5.41, 5.74) is -0.688. The molecule has 0 bridgehead atoms. The quantitative estimate of drug-likeness (QED) is 0.861. The molecule has 0 radical (unpaired) electrons. The number of carboxylic acid groups (broad SMARTS) is 1. The molecule has 0 saturated heterocycles. The van der Waals surface area contributed by atoms with E-state index in [2.05, 4.69) is 0 Å². The number of rotatable bonds is 2. The van der Waals surface area contributed by atoms with Gasteiger partial charge in [-0.25, -0.2) is 13.6 Å². The summed E-state index contributed by atoms with van der Waals surface area (Å²) in [5, 5.41) is 17.9. The van der Waals surface area contributed by atoms with Gasteiger partial charge in [0.05, 0.1) is 11.1 Å². The molecule has 0 amide bonds. The summed E-state index contributed by atoms with van der Waals surface area (Å²) in [7, 11) is 0. The second-order valence-corrected chi connectivity index (χ2v) is 3.67. The molecule has 0 unspecified atom stereocenters. The van der Waals surface area contributed by atoms with E-state index >= 15 is 0 Å². The van der Waals surface area contributed by atoms with E-state index in [0.717, 1.165) is 12.1 Å². The van der Waals surface area contributed by atoms with Crippen molar-refractivity contribution in [3.8, 4) is 16.9 Å². The van der Waals surface area contributed by atoms with Crippen LogP contribution in [0.3, 0.4) is 0 Å². The Labute approximate surface area is 101 Å². The molecule has 2 aromatic carbocycles. The average molecular weight is 250 g/mol. The van der Waals surface area contributed by atoms with Crippen LogP contribution in [0.5, 0.6) is 5.75 Å². The molecule has 0 atom stereocenters. The van der Waals surface area contributed by atoms with Crippen LogP contribution in [-0.2, 0) is 0 Å². The molecule has 92 valence electrons. The van der Waals surface area contributed by atoms with Crippen LogP contribution >= 0.6 is 0 Å². The lowest BCUT2D eigenvalue weighted by molar-refractivity contribution is 0.0696. The van der Waals surface area contributed by atoms with Gasteiger partial charge in [0, 0.05) is 0 Å². The maximum absolute atomic E-state index is 13.7. The van der Waals surface area contributed by atoms with Crippen LogP contribution in [0.1, 0.15) is 10.4 Å². The number of hydrogen-bond acceptors (Lipinski definition) is 2. The van der Waals surface area contributed by atoms with Crippen LogP contribution in [0.25, 0.3) is 11.1 Å². The van der Waals surface area contributed by atoms with Crippen LogP contribution in [0.2, 0.25) is 0 Å². The third-order valence-corrected chi connectivity index (χ3v) is 2.42. The van der Waals surface area contributed by atoms with E-state index in [-0.39, 0.29) is 16.9 Å². The van der Waals surface area contributed by atoms with E-state index in [1.54, 1.807) is 0 Å². The summed E-state index contributed by atoms with van der Waals surface area (Å²) in [6.07, 6.45) is 0. The van der Waals surface area contributed by atoms with E-state index in [0.29, 0.717) is 0 Å². The predicted octanol–water partition coefficient (Wildman–Crippen LogP) is 3.04. The van der Waals surface area contributed by atoms with Gasteiger partial charge >= 0.3 is 5.97 Å². The van der Waals surface area contributed by atoms with Crippen molar-refractivity contribution in [1.29, 1.82) is 0 Å². The maximum atomic E-state index is 13.7. The molecule has 0 aromatic heterocycles. The van der Waals surface area contributed by atoms with E-state index in [4.69, 9.17) is 5.11 Å². The first-order valence-corrected chi connectivity index (χ1v) is 5.01. The maximum Gasteiger partial charge on any atom is 0.335 e. The molecule has 0 spiro atoms. The smallest absolute Gasteiger partial charge is 0.335 e. The number of benzene rings is 2. The Kier molecular flexibility index (Phi) is 2.97. The van der Waals surface area contributed by atoms with Gasteiger partial charge in [0.15, 0.2) is 0 Å². The summed E-state index contributed by atoms with van der Waals surface area (Å²) >= 11 is 0. The predicted molar refractivity (Wildman–Crippen MR) is 60.4 cm³/mol. The molecule has 0 aliphatic carbocycles. The van der Waals surface area contributed by atoms with Gasteiger partial charge in [-0.15, -0.1) is 0 Å². The fourth-order valence-corrected chi connectivity index (χ4v) is 1.63. The molecule has 0 saturated carbocycles. The van der Waals surface area contributed by atoms with E-state index < -0.39 is 23.2 Å². The van der Waals surface area contributed by atoms with Crippen LogP contribution in [0.4, 0.5) is 8.78 Å². The van der Waals surface area contributed by atoms with Crippen molar-refractivity contribution >= 4 is 5.97 Å². The molecule has 5 heteroatoms. The Morgan fingerprint density at radius 2 is 1.67 bits per heavy atom. The van der Waals surface area contributed by atoms with Crippen molar-refractivity contribution in [2.24, 2.45) is 0 Å². The zero-order valence-corrected chi connectivity index (χ0v) is 9.02. The Morgan fingerprint density at radius 3 is 2.17 bits per heavy atom. The molecule has 2 N–H and O–H groups in total. The summed E-state index contributed by atoms with van der Waals surface area (Å²) in [5.74, 6) is -3.51. The van der Waals surface area contributed by atoms with Crippen LogP contribution in [-0.4, -0.2) is 16.2 Å². The van der Waals surface area contributed by atoms with E-state index in [1.807, 2.05) is 0 Å². The fourth-order valence-electron chi connectivity index (χ4n) is 1.63. The largest absolute Gasteiger partial charge is 0.508 e. The summed E-state index contributed by atoms with van der Waals surface area (Å²) in [6, 6.07) is 6.90. The highest BCUT2D eigenvalue weighted by molar-refractivity contribution is 5.88. The second kappa shape index (κ2) is 4.44. The number of hydrogen-bond donors (Lipinski definition) is 2. The van der Waals surface area contributed by atoms with E-state index in [1.165, 1.54) is 24.3 Å².